The van der Waals surface area contributed by atoms with Crippen molar-refractivity contribution >= 4 is 16.3 Å². The first-order chi connectivity index (χ1) is 10.2. The maximum absolute atomic E-state index is 9.48. The normalized spacial score (nSPS) is 11.4. The van der Waals surface area contributed by atoms with E-state index in [2.05, 4.69) is 43.1 Å². The zero-order chi connectivity index (χ0) is 14.8. The minimum absolute atomic E-state index is 0.0838. The van der Waals surface area contributed by atoms with Gasteiger partial charge in [-0.1, -0.05) is 38.1 Å². The van der Waals surface area contributed by atoms with Gasteiger partial charge in [0.1, 0.15) is 12.3 Å². The molecule has 5 heteroatoms. The monoisotopic (exact) mass is 302 g/mol. The number of fused-ring (bicyclic) bond motifs is 1. The van der Waals surface area contributed by atoms with Gasteiger partial charge in [0.2, 0.25) is 5.88 Å². The van der Waals surface area contributed by atoms with Gasteiger partial charge in [-0.25, -0.2) is 0 Å². The van der Waals surface area contributed by atoms with Gasteiger partial charge < -0.3 is 9.84 Å². The fourth-order valence-electron chi connectivity index (χ4n) is 2.22. The van der Waals surface area contributed by atoms with E-state index < -0.39 is 0 Å². The molecule has 4 nitrogen and oxygen atoms in total. The highest BCUT2D eigenvalue weighted by Crippen LogP contribution is 2.24. The molecule has 0 fully saturated rings. The van der Waals surface area contributed by atoms with Gasteiger partial charge in [-0.15, -0.1) is 11.3 Å². The van der Waals surface area contributed by atoms with Crippen molar-refractivity contribution in [2.45, 2.75) is 33.0 Å². The Morgan fingerprint density at radius 3 is 2.71 bits per heavy atom. The first-order valence-corrected chi connectivity index (χ1v) is 7.84. The van der Waals surface area contributed by atoms with Gasteiger partial charge >= 0.3 is 0 Å². The number of rotatable bonds is 5. The summed E-state index contributed by atoms with van der Waals surface area (Å²) >= 11 is 1.53. The lowest BCUT2D eigenvalue weighted by molar-refractivity contribution is 0.250. The summed E-state index contributed by atoms with van der Waals surface area (Å²) < 4.78 is 7.64. The molecule has 0 aliphatic carbocycles. The summed E-state index contributed by atoms with van der Waals surface area (Å²) in [5, 5.41) is 11.4. The number of hydrogen-bond acceptors (Lipinski definition) is 4. The number of aliphatic hydroxyl groups is 1. The molecule has 0 bridgehead atoms. The third-order valence-corrected chi connectivity index (χ3v) is 4.25. The first kappa shape index (κ1) is 14.1. The molecule has 2 aromatic heterocycles. The number of benzene rings is 1. The van der Waals surface area contributed by atoms with Crippen molar-refractivity contribution in [3.05, 3.63) is 52.7 Å². The fourth-order valence-corrected chi connectivity index (χ4v) is 2.95. The second kappa shape index (κ2) is 5.87. The Labute approximate surface area is 127 Å². The number of thiazole rings is 1. The van der Waals surface area contributed by atoms with E-state index in [4.69, 9.17) is 4.74 Å². The Hall–Kier alpha value is -1.85. The smallest absolute Gasteiger partial charge is 0.239 e. The van der Waals surface area contributed by atoms with Gasteiger partial charge in [0, 0.05) is 11.6 Å². The predicted octanol–water partition coefficient (Wildman–Crippen LogP) is 3.59. The summed E-state index contributed by atoms with van der Waals surface area (Å²) in [5.41, 5.74) is 3.11. The Kier molecular flexibility index (Phi) is 3.94. The number of aromatic nitrogens is 2. The van der Waals surface area contributed by atoms with Crippen LogP contribution in [0.3, 0.4) is 0 Å². The number of hydrogen-bond donors (Lipinski definition) is 1. The van der Waals surface area contributed by atoms with E-state index in [9.17, 15) is 5.11 Å². The lowest BCUT2D eigenvalue weighted by atomic mass is 10.0. The summed E-state index contributed by atoms with van der Waals surface area (Å²) in [4.78, 5) is 5.24. The van der Waals surface area contributed by atoms with Crippen LogP contribution >= 0.6 is 11.3 Å². The second-order valence-corrected chi connectivity index (χ2v) is 6.14. The van der Waals surface area contributed by atoms with Crippen LogP contribution in [-0.4, -0.2) is 14.5 Å². The quantitative estimate of drug-likeness (QED) is 0.783. The van der Waals surface area contributed by atoms with Gasteiger partial charge in [-0.2, -0.15) is 4.98 Å². The van der Waals surface area contributed by atoms with Crippen molar-refractivity contribution in [1.82, 2.24) is 9.38 Å². The molecule has 3 rings (SSSR count). The van der Waals surface area contributed by atoms with Crippen LogP contribution in [0.5, 0.6) is 5.88 Å². The van der Waals surface area contributed by atoms with Crippen LogP contribution in [0.15, 0.2) is 35.8 Å². The Morgan fingerprint density at radius 1 is 1.29 bits per heavy atom. The van der Waals surface area contributed by atoms with Crippen molar-refractivity contribution in [1.29, 1.82) is 0 Å². The number of nitrogens with zero attached hydrogens (tertiary/aromatic N) is 2. The zero-order valence-electron chi connectivity index (χ0n) is 12.1. The van der Waals surface area contributed by atoms with Crippen LogP contribution in [0.1, 0.15) is 36.6 Å². The lowest BCUT2D eigenvalue weighted by Gasteiger charge is -2.08. The molecule has 2 heterocycles. The molecule has 3 aromatic rings. The summed E-state index contributed by atoms with van der Waals surface area (Å²) in [6.45, 7) is 4.73. The third-order valence-electron chi connectivity index (χ3n) is 3.50. The molecule has 0 atom stereocenters. The number of imidazole rings is 1. The molecule has 0 unspecified atom stereocenters. The Morgan fingerprint density at radius 2 is 2.05 bits per heavy atom. The average molecular weight is 302 g/mol. The molecule has 0 amide bonds. The number of ether oxygens (including phenoxy) is 1. The van der Waals surface area contributed by atoms with Gasteiger partial charge in [0.05, 0.1) is 6.61 Å². The molecule has 0 aliphatic rings. The first-order valence-electron chi connectivity index (χ1n) is 6.96. The molecule has 0 saturated heterocycles. The summed E-state index contributed by atoms with van der Waals surface area (Å²) in [6, 6.07) is 8.41. The van der Waals surface area contributed by atoms with Gasteiger partial charge in [0.25, 0.3) is 0 Å². The molecule has 0 spiro atoms. The standard InChI is InChI=1S/C16H18N2O2S/c1-11(2)13-5-3-12(4-6-13)10-20-15-14(9-19)18-7-8-21-16(18)17-15/h3-8,11,19H,9-10H2,1-2H3. The molecular weight excluding hydrogens is 284 g/mol. The Bertz CT molecular complexity index is 728. The Balaban J connectivity index is 1.75. The van der Waals surface area contributed by atoms with E-state index in [0.717, 1.165) is 10.5 Å². The van der Waals surface area contributed by atoms with E-state index in [-0.39, 0.29) is 6.61 Å². The predicted molar refractivity (Wildman–Crippen MR) is 83.9 cm³/mol. The highest BCUT2D eigenvalue weighted by molar-refractivity contribution is 7.15. The summed E-state index contributed by atoms with van der Waals surface area (Å²) in [6.07, 6.45) is 1.89. The van der Waals surface area contributed by atoms with Crippen LogP contribution in [0.2, 0.25) is 0 Å². The molecular formula is C16H18N2O2S. The van der Waals surface area contributed by atoms with Crippen LogP contribution < -0.4 is 4.74 Å². The topological polar surface area (TPSA) is 46.8 Å². The van der Waals surface area contributed by atoms with E-state index in [1.165, 1.54) is 16.9 Å². The fraction of sp³-hybridized carbons (Fsp3) is 0.312. The highest BCUT2D eigenvalue weighted by atomic mass is 32.1. The van der Waals surface area contributed by atoms with Gasteiger partial charge in [0.15, 0.2) is 4.96 Å². The molecule has 110 valence electrons. The zero-order valence-corrected chi connectivity index (χ0v) is 12.9. The van der Waals surface area contributed by atoms with Crippen molar-refractivity contribution < 1.29 is 9.84 Å². The number of aliphatic hydroxyl groups excluding tert-OH is 1. The van der Waals surface area contributed by atoms with Gasteiger partial charge in [-0.3, -0.25) is 4.40 Å². The van der Waals surface area contributed by atoms with Crippen molar-refractivity contribution in [2.75, 3.05) is 0 Å². The van der Waals surface area contributed by atoms with Crippen LogP contribution in [0, 0.1) is 0 Å². The van der Waals surface area contributed by atoms with Crippen LogP contribution in [0.4, 0.5) is 0 Å². The lowest BCUT2D eigenvalue weighted by Crippen LogP contribution is -2.00. The maximum Gasteiger partial charge on any atom is 0.239 e. The van der Waals surface area contributed by atoms with E-state index >= 15 is 0 Å². The molecule has 0 radical (unpaired) electrons. The SMILES string of the molecule is CC(C)c1ccc(COc2nc3sccn3c2CO)cc1. The molecule has 21 heavy (non-hydrogen) atoms. The molecule has 0 saturated carbocycles. The van der Waals surface area contributed by atoms with E-state index in [0.29, 0.717) is 24.1 Å². The van der Waals surface area contributed by atoms with Gasteiger partial charge in [-0.05, 0) is 17.0 Å². The molecule has 1 N–H and O–H groups in total. The van der Waals surface area contributed by atoms with E-state index in [1.54, 1.807) is 0 Å². The third kappa shape index (κ3) is 2.80. The summed E-state index contributed by atoms with van der Waals surface area (Å²) in [5.74, 6) is 1.04. The average Bonchev–Trinajstić information content (AvgIpc) is 3.05. The maximum atomic E-state index is 9.48. The van der Waals surface area contributed by atoms with Crippen molar-refractivity contribution in [3.63, 3.8) is 0 Å². The summed E-state index contributed by atoms with van der Waals surface area (Å²) in [7, 11) is 0. The van der Waals surface area contributed by atoms with Crippen LogP contribution in [0.25, 0.3) is 4.96 Å². The molecule has 0 aliphatic heterocycles. The van der Waals surface area contributed by atoms with Crippen molar-refractivity contribution in [3.8, 4) is 5.88 Å². The van der Waals surface area contributed by atoms with E-state index in [1.807, 2.05) is 16.0 Å². The second-order valence-electron chi connectivity index (χ2n) is 5.26. The van der Waals surface area contributed by atoms with Crippen molar-refractivity contribution in [2.24, 2.45) is 0 Å². The minimum atomic E-state index is -0.0838. The minimum Gasteiger partial charge on any atom is -0.471 e. The highest BCUT2D eigenvalue weighted by Gasteiger charge is 2.13. The van der Waals surface area contributed by atoms with Crippen LogP contribution in [-0.2, 0) is 13.2 Å². The largest absolute Gasteiger partial charge is 0.471 e. The molecule has 1 aromatic carbocycles.